The van der Waals surface area contributed by atoms with Crippen LogP contribution in [-0.2, 0) is 6.42 Å². The van der Waals surface area contributed by atoms with E-state index in [2.05, 4.69) is 20.4 Å². The van der Waals surface area contributed by atoms with E-state index < -0.39 is 6.10 Å². The molecule has 1 aliphatic rings. The summed E-state index contributed by atoms with van der Waals surface area (Å²) >= 11 is 0. The predicted octanol–water partition coefficient (Wildman–Crippen LogP) is 2.19. The summed E-state index contributed by atoms with van der Waals surface area (Å²) in [5.41, 5.74) is 2.06. The minimum Gasteiger partial charge on any atom is -0.391 e. The molecule has 1 aliphatic heterocycles. The number of benzene rings is 1. The number of nitrogens with zero attached hydrogens (tertiary/aromatic N) is 4. The second kappa shape index (κ2) is 7.77. The fraction of sp³-hybridized carbons (Fsp3) is 0.300. The van der Waals surface area contributed by atoms with E-state index >= 15 is 0 Å². The summed E-state index contributed by atoms with van der Waals surface area (Å²) in [6.45, 7) is 2.58. The number of carbonyl (C=O) groups is 1. The number of para-hydroxylation sites is 1. The zero-order valence-electron chi connectivity index (χ0n) is 15.4. The van der Waals surface area contributed by atoms with Gasteiger partial charge in [-0.25, -0.2) is 9.97 Å². The van der Waals surface area contributed by atoms with Gasteiger partial charge in [-0.1, -0.05) is 23.4 Å². The second-order valence-corrected chi connectivity index (χ2v) is 6.96. The van der Waals surface area contributed by atoms with Crippen LogP contribution >= 0.6 is 0 Å². The number of aliphatic hydroxyl groups excluding tert-OH is 1. The highest BCUT2D eigenvalue weighted by atomic mass is 16.5. The molecule has 8 nitrogen and oxygen atoms in total. The Balaban J connectivity index is 1.38. The number of anilines is 2. The topological polar surface area (TPSA) is 104 Å². The number of aromatic nitrogens is 3. The molecule has 2 N–H and O–H groups in total. The normalized spacial score (nSPS) is 19.0. The third kappa shape index (κ3) is 4.01. The van der Waals surface area contributed by atoms with Gasteiger partial charge in [0, 0.05) is 49.6 Å². The summed E-state index contributed by atoms with van der Waals surface area (Å²) in [6, 6.07) is 11.4. The van der Waals surface area contributed by atoms with Gasteiger partial charge in [0.05, 0.1) is 17.4 Å². The van der Waals surface area contributed by atoms with Crippen LogP contribution in [0.3, 0.4) is 0 Å². The number of amides is 1. The van der Waals surface area contributed by atoms with Crippen molar-refractivity contribution in [1.29, 1.82) is 0 Å². The molecule has 2 atom stereocenters. The van der Waals surface area contributed by atoms with Gasteiger partial charge < -0.3 is 19.8 Å². The highest BCUT2D eigenvalue weighted by Gasteiger charge is 2.35. The second-order valence-electron chi connectivity index (χ2n) is 6.96. The van der Waals surface area contributed by atoms with Crippen molar-refractivity contribution in [3.05, 3.63) is 65.8 Å². The maximum Gasteiger partial charge on any atom is 0.257 e. The van der Waals surface area contributed by atoms with Crippen LogP contribution in [0.2, 0.25) is 0 Å². The van der Waals surface area contributed by atoms with Crippen molar-refractivity contribution in [2.45, 2.75) is 19.4 Å². The fourth-order valence-electron chi connectivity index (χ4n) is 3.33. The summed E-state index contributed by atoms with van der Waals surface area (Å²) in [6.07, 6.45) is 2.94. The summed E-state index contributed by atoms with van der Waals surface area (Å²) in [7, 11) is 0. The lowest BCUT2D eigenvalue weighted by Crippen LogP contribution is -2.29. The summed E-state index contributed by atoms with van der Waals surface area (Å²) in [4.78, 5) is 22.8. The first-order valence-corrected chi connectivity index (χ1v) is 9.12. The molecule has 1 amide bonds. The summed E-state index contributed by atoms with van der Waals surface area (Å²) < 4.78 is 5.23. The van der Waals surface area contributed by atoms with Crippen molar-refractivity contribution >= 4 is 17.5 Å². The fourth-order valence-corrected chi connectivity index (χ4v) is 3.33. The van der Waals surface area contributed by atoms with E-state index in [1.807, 2.05) is 43.3 Å². The molecular weight excluding hydrogens is 358 g/mol. The van der Waals surface area contributed by atoms with E-state index in [1.54, 1.807) is 4.90 Å². The molecule has 3 aromatic rings. The van der Waals surface area contributed by atoms with E-state index in [4.69, 9.17) is 4.52 Å². The van der Waals surface area contributed by atoms with Crippen LogP contribution in [0.1, 0.15) is 21.8 Å². The first kappa shape index (κ1) is 18.1. The molecule has 3 heterocycles. The maximum atomic E-state index is 12.7. The third-order valence-corrected chi connectivity index (χ3v) is 4.76. The molecule has 0 spiro atoms. The molecule has 0 bridgehead atoms. The van der Waals surface area contributed by atoms with Gasteiger partial charge in [0.2, 0.25) is 5.95 Å². The molecule has 2 aromatic heterocycles. The number of hydrogen-bond acceptors (Lipinski definition) is 7. The molecule has 1 saturated heterocycles. The molecule has 1 fully saturated rings. The van der Waals surface area contributed by atoms with E-state index in [0.717, 1.165) is 17.1 Å². The predicted molar refractivity (Wildman–Crippen MR) is 102 cm³/mol. The minimum absolute atomic E-state index is 0.0868. The summed E-state index contributed by atoms with van der Waals surface area (Å²) in [5.74, 6) is 0.857. The SMILES string of the molecule is Cc1cc(C[C@@H]2CN(C(=O)c3cnc(Nc4ccccc4)nc3)C[C@@H]2O)on1. The number of rotatable bonds is 5. The number of nitrogens with one attached hydrogen (secondary N) is 1. The number of hydrogen-bond donors (Lipinski definition) is 2. The monoisotopic (exact) mass is 379 g/mol. The van der Waals surface area contributed by atoms with Gasteiger partial charge in [-0.2, -0.15) is 0 Å². The molecule has 1 aromatic carbocycles. The Bertz CT molecular complexity index is 942. The van der Waals surface area contributed by atoms with Gasteiger partial charge in [0.25, 0.3) is 5.91 Å². The van der Waals surface area contributed by atoms with Gasteiger partial charge in [0.1, 0.15) is 5.76 Å². The number of aryl methyl sites for hydroxylation is 1. The lowest BCUT2D eigenvalue weighted by atomic mass is 10.0. The number of likely N-dealkylation sites (tertiary alicyclic amines) is 1. The molecule has 28 heavy (non-hydrogen) atoms. The maximum absolute atomic E-state index is 12.7. The largest absolute Gasteiger partial charge is 0.391 e. The Hall–Kier alpha value is -3.26. The van der Waals surface area contributed by atoms with Crippen molar-refractivity contribution < 1.29 is 14.4 Å². The van der Waals surface area contributed by atoms with Crippen LogP contribution in [0, 0.1) is 12.8 Å². The third-order valence-electron chi connectivity index (χ3n) is 4.76. The number of aliphatic hydroxyl groups is 1. The zero-order chi connectivity index (χ0) is 19.5. The average Bonchev–Trinajstić information content (AvgIpc) is 3.28. The molecule has 144 valence electrons. The molecule has 0 saturated carbocycles. The molecule has 0 radical (unpaired) electrons. The van der Waals surface area contributed by atoms with Crippen molar-refractivity contribution in [3.8, 4) is 0 Å². The van der Waals surface area contributed by atoms with E-state index in [0.29, 0.717) is 24.5 Å². The van der Waals surface area contributed by atoms with Gasteiger partial charge in [-0.3, -0.25) is 4.79 Å². The summed E-state index contributed by atoms with van der Waals surface area (Å²) in [5, 5.41) is 17.3. The zero-order valence-corrected chi connectivity index (χ0v) is 15.4. The molecule has 4 rings (SSSR count). The average molecular weight is 379 g/mol. The van der Waals surface area contributed by atoms with E-state index in [1.165, 1.54) is 12.4 Å². The van der Waals surface area contributed by atoms with Crippen LogP contribution in [-0.4, -0.2) is 50.2 Å². The van der Waals surface area contributed by atoms with Crippen molar-refractivity contribution in [3.63, 3.8) is 0 Å². The minimum atomic E-state index is -0.603. The quantitative estimate of drug-likeness (QED) is 0.700. The van der Waals surface area contributed by atoms with Crippen molar-refractivity contribution in [2.24, 2.45) is 5.92 Å². The lowest BCUT2D eigenvalue weighted by Gasteiger charge is -2.15. The Morgan fingerprint density at radius 2 is 2.00 bits per heavy atom. The standard InChI is InChI=1S/C20H21N5O3/c1-13-7-17(28-24-13)8-14-11-25(12-18(14)26)19(27)15-9-21-20(22-10-15)23-16-5-3-2-4-6-16/h2-7,9-10,14,18,26H,8,11-12H2,1H3,(H,21,22,23)/t14-,18+/m1/s1. The molecule has 8 heteroatoms. The molecule has 0 aliphatic carbocycles. The van der Waals surface area contributed by atoms with Gasteiger partial charge in [-0.05, 0) is 19.1 Å². The van der Waals surface area contributed by atoms with E-state index in [-0.39, 0.29) is 18.4 Å². The first-order chi connectivity index (χ1) is 13.6. The van der Waals surface area contributed by atoms with Crippen LogP contribution in [0.25, 0.3) is 0 Å². The Morgan fingerprint density at radius 3 is 2.68 bits per heavy atom. The Kier molecular flexibility index (Phi) is 5.03. The Labute approximate surface area is 162 Å². The van der Waals surface area contributed by atoms with Crippen LogP contribution < -0.4 is 5.32 Å². The van der Waals surface area contributed by atoms with Gasteiger partial charge in [0.15, 0.2) is 0 Å². The van der Waals surface area contributed by atoms with Gasteiger partial charge in [-0.15, -0.1) is 0 Å². The highest BCUT2D eigenvalue weighted by Crippen LogP contribution is 2.23. The van der Waals surface area contributed by atoms with Crippen molar-refractivity contribution in [1.82, 2.24) is 20.0 Å². The van der Waals surface area contributed by atoms with Crippen LogP contribution in [0.15, 0.2) is 53.3 Å². The number of β-amino-alcohol motifs (C(OH)–C–C–N with tert-alkyl or cyclic N) is 1. The van der Waals surface area contributed by atoms with Crippen LogP contribution in [0.5, 0.6) is 0 Å². The van der Waals surface area contributed by atoms with E-state index in [9.17, 15) is 9.90 Å². The molecular formula is C20H21N5O3. The van der Waals surface area contributed by atoms with Gasteiger partial charge >= 0.3 is 0 Å². The number of carbonyl (C=O) groups excluding carboxylic acids is 1. The highest BCUT2D eigenvalue weighted by molar-refractivity contribution is 5.94. The van der Waals surface area contributed by atoms with Crippen molar-refractivity contribution in [2.75, 3.05) is 18.4 Å². The smallest absolute Gasteiger partial charge is 0.257 e. The first-order valence-electron chi connectivity index (χ1n) is 9.12. The van der Waals surface area contributed by atoms with Crippen LogP contribution in [0.4, 0.5) is 11.6 Å². The Morgan fingerprint density at radius 1 is 1.25 bits per heavy atom. The molecule has 0 unspecified atom stereocenters. The lowest BCUT2D eigenvalue weighted by molar-refractivity contribution is 0.0764.